The van der Waals surface area contributed by atoms with Gasteiger partial charge >= 0.3 is 0 Å². The maximum absolute atomic E-state index is 10.5. The molecule has 0 radical (unpaired) electrons. The molecule has 1 heterocycles. The second-order valence-electron chi connectivity index (χ2n) is 5.06. The van der Waals surface area contributed by atoms with Gasteiger partial charge in [0.1, 0.15) is 17.7 Å². The number of nitrogen functional groups attached to an aromatic ring is 1. The highest BCUT2D eigenvalue weighted by Crippen LogP contribution is 2.29. The van der Waals surface area contributed by atoms with E-state index in [0.717, 1.165) is 16.9 Å². The lowest BCUT2D eigenvalue weighted by molar-refractivity contribution is 0.219. The van der Waals surface area contributed by atoms with Crippen LogP contribution in [0.2, 0.25) is 0 Å². The number of rotatable bonds is 4. The number of aromatic nitrogens is 1. The Morgan fingerprint density at radius 2 is 1.80 bits per heavy atom. The van der Waals surface area contributed by atoms with Gasteiger partial charge in [-0.3, -0.25) is 0 Å². The van der Waals surface area contributed by atoms with Gasteiger partial charge in [-0.05, 0) is 50.1 Å². The van der Waals surface area contributed by atoms with Crippen LogP contribution in [0.15, 0.2) is 36.5 Å². The number of pyridine rings is 1. The van der Waals surface area contributed by atoms with E-state index in [-0.39, 0.29) is 6.10 Å². The molecule has 20 heavy (non-hydrogen) atoms. The molecule has 3 N–H and O–H groups in total. The Labute approximate surface area is 119 Å². The summed E-state index contributed by atoms with van der Waals surface area (Å²) in [6, 6.07) is 9.22. The average Bonchev–Trinajstić information content (AvgIpc) is 2.38. The summed E-state index contributed by atoms with van der Waals surface area (Å²) in [5, 5.41) is 10.5. The SMILES string of the molecule is Cc1ccnc(N)c1C(O)c1ccc(OC(C)C)cc1. The monoisotopic (exact) mass is 272 g/mol. The maximum Gasteiger partial charge on any atom is 0.129 e. The molecule has 0 bridgehead atoms. The standard InChI is InChI=1S/C16H20N2O2/c1-10(2)20-13-6-4-12(5-7-13)15(19)14-11(3)8-9-18-16(14)17/h4-10,15,19H,1-3H3,(H2,17,18). The quantitative estimate of drug-likeness (QED) is 0.898. The van der Waals surface area contributed by atoms with Gasteiger partial charge in [0.25, 0.3) is 0 Å². The van der Waals surface area contributed by atoms with Crippen LogP contribution in [0, 0.1) is 6.92 Å². The largest absolute Gasteiger partial charge is 0.491 e. The smallest absolute Gasteiger partial charge is 0.129 e. The van der Waals surface area contributed by atoms with E-state index in [9.17, 15) is 5.11 Å². The molecule has 0 saturated heterocycles. The van der Waals surface area contributed by atoms with Crippen LogP contribution >= 0.6 is 0 Å². The first-order valence-corrected chi connectivity index (χ1v) is 6.64. The minimum Gasteiger partial charge on any atom is -0.491 e. The fraction of sp³-hybridized carbons (Fsp3) is 0.312. The molecular weight excluding hydrogens is 252 g/mol. The molecule has 106 valence electrons. The van der Waals surface area contributed by atoms with Crippen molar-refractivity contribution in [1.29, 1.82) is 0 Å². The second-order valence-corrected chi connectivity index (χ2v) is 5.06. The number of anilines is 1. The number of aryl methyl sites for hydroxylation is 1. The van der Waals surface area contributed by atoms with Crippen LogP contribution in [0.5, 0.6) is 5.75 Å². The fourth-order valence-electron chi connectivity index (χ4n) is 2.11. The van der Waals surface area contributed by atoms with Crippen molar-refractivity contribution >= 4 is 5.82 Å². The molecule has 0 aliphatic heterocycles. The number of nitrogens with zero attached hydrogens (tertiary/aromatic N) is 1. The molecule has 2 aromatic rings. The van der Waals surface area contributed by atoms with Crippen molar-refractivity contribution in [2.75, 3.05) is 5.73 Å². The van der Waals surface area contributed by atoms with Gasteiger partial charge in [0.2, 0.25) is 0 Å². The zero-order valence-electron chi connectivity index (χ0n) is 12.0. The first-order valence-electron chi connectivity index (χ1n) is 6.64. The van der Waals surface area contributed by atoms with E-state index in [1.54, 1.807) is 6.20 Å². The minimum atomic E-state index is -0.781. The molecule has 0 aliphatic rings. The third-order valence-electron chi connectivity index (χ3n) is 3.08. The molecule has 0 saturated carbocycles. The van der Waals surface area contributed by atoms with Gasteiger partial charge in [-0.15, -0.1) is 0 Å². The number of aliphatic hydroxyl groups excluding tert-OH is 1. The number of nitrogens with two attached hydrogens (primary N) is 1. The molecule has 1 aromatic heterocycles. The molecule has 1 unspecified atom stereocenters. The number of benzene rings is 1. The highest BCUT2D eigenvalue weighted by molar-refractivity contribution is 5.49. The predicted octanol–water partition coefficient (Wildman–Crippen LogP) is 2.84. The number of hydrogen-bond acceptors (Lipinski definition) is 4. The predicted molar refractivity (Wildman–Crippen MR) is 79.7 cm³/mol. The van der Waals surface area contributed by atoms with Crippen molar-refractivity contribution in [2.24, 2.45) is 0 Å². The lowest BCUT2D eigenvalue weighted by Gasteiger charge is -2.16. The fourth-order valence-corrected chi connectivity index (χ4v) is 2.11. The van der Waals surface area contributed by atoms with Crippen LogP contribution < -0.4 is 10.5 Å². The van der Waals surface area contributed by atoms with E-state index in [1.165, 1.54) is 0 Å². The summed E-state index contributed by atoms with van der Waals surface area (Å²) in [6.07, 6.45) is 0.985. The summed E-state index contributed by atoms with van der Waals surface area (Å²) in [7, 11) is 0. The lowest BCUT2D eigenvalue weighted by atomic mass is 9.98. The van der Waals surface area contributed by atoms with Crippen LogP contribution in [0.1, 0.15) is 36.6 Å². The van der Waals surface area contributed by atoms with Gasteiger partial charge in [0.05, 0.1) is 6.10 Å². The lowest BCUT2D eigenvalue weighted by Crippen LogP contribution is -2.08. The Balaban J connectivity index is 2.27. The Kier molecular flexibility index (Phi) is 4.25. The van der Waals surface area contributed by atoms with Crippen LogP contribution in [0.4, 0.5) is 5.82 Å². The normalized spacial score (nSPS) is 12.4. The van der Waals surface area contributed by atoms with E-state index >= 15 is 0 Å². The maximum atomic E-state index is 10.5. The zero-order valence-corrected chi connectivity index (χ0v) is 12.0. The van der Waals surface area contributed by atoms with Gasteiger partial charge < -0.3 is 15.6 Å². The Morgan fingerprint density at radius 3 is 2.35 bits per heavy atom. The van der Waals surface area contributed by atoms with Crippen molar-refractivity contribution in [3.8, 4) is 5.75 Å². The van der Waals surface area contributed by atoms with Crippen LogP contribution in [-0.4, -0.2) is 16.2 Å². The molecule has 0 fully saturated rings. The van der Waals surface area contributed by atoms with Crippen molar-refractivity contribution in [3.05, 3.63) is 53.2 Å². The van der Waals surface area contributed by atoms with Gasteiger partial charge in [-0.25, -0.2) is 4.98 Å². The Hall–Kier alpha value is -2.07. The topological polar surface area (TPSA) is 68.4 Å². The number of aliphatic hydroxyl groups is 1. The molecular formula is C16H20N2O2. The highest BCUT2D eigenvalue weighted by Gasteiger charge is 2.16. The Morgan fingerprint density at radius 1 is 1.15 bits per heavy atom. The van der Waals surface area contributed by atoms with Crippen LogP contribution in [0.25, 0.3) is 0 Å². The van der Waals surface area contributed by atoms with Crippen molar-refractivity contribution in [1.82, 2.24) is 4.98 Å². The number of hydrogen-bond donors (Lipinski definition) is 2. The molecule has 0 amide bonds. The minimum absolute atomic E-state index is 0.127. The van der Waals surface area contributed by atoms with Gasteiger partial charge in [-0.1, -0.05) is 12.1 Å². The van der Waals surface area contributed by atoms with E-state index in [1.807, 2.05) is 51.1 Å². The molecule has 4 nitrogen and oxygen atoms in total. The number of ether oxygens (including phenoxy) is 1. The van der Waals surface area contributed by atoms with Gasteiger partial charge in [0, 0.05) is 11.8 Å². The Bertz CT molecular complexity index is 559. The summed E-state index contributed by atoms with van der Waals surface area (Å²) in [6.45, 7) is 5.86. The summed E-state index contributed by atoms with van der Waals surface area (Å²) in [5.74, 6) is 1.15. The van der Waals surface area contributed by atoms with Crippen LogP contribution in [0.3, 0.4) is 0 Å². The van der Waals surface area contributed by atoms with Crippen LogP contribution in [-0.2, 0) is 0 Å². The molecule has 4 heteroatoms. The third kappa shape index (κ3) is 3.08. The highest BCUT2D eigenvalue weighted by atomic mass is 16.5. The van der Waals surface area contributed by atoms with Gasteiger partial charge in [-0.2, -0.15) is 0 Å². The molecule has 0 aliphatic carbocycles. The van der Waals surface area contributed by atoms with Gasteiger partial charge in [0.15, 0.2) is 0 Å². The summed E-state index contributed by atoms with van der Waals surface area (Å²) < 4.78 is 5.58. The average molecular weight is 272 g/mol. The third-order valence-corrected chi connectivity index (χ3v) is 3.08. The molecule has 1 atom stereocenters. The second kappa shape index (κ2) is 5.92. The van der Waals surface area contributed by atoms with E-state index in [2.05, 4.69) is 4.98 Å². The first kappa shape index (κ1) is 14.3. The van der Waals surface area contributed by atoms with E-state index in [4.69, 9.17) is 10.5 Å². The van der Waals surface area contributed by atoms with E-state index in [0.29, 0.717) is 11.4 Å². The molecule has 2 rings (SSSR count). The van der Waals surface area contributed by atoms with Crippen molar-refractivity contribution < 1.29 is 9.84 Å². The molecule has 0 spiro atoms. The van der Waals surface area contributed by atoms with Crippen molar-refractivity contribution in [3.63, 3.8) is 0 Å². The molecule has 1 aromatic carbocycles. The first-order chi connectivity index (χ1) is 9.49. The summed E-state index contributed by atoms with van der Waals surface area (Å²) in [4.78, 5) is 4.04. The summed E-state index contributed by atoms with van der Waals surface area (Å²) in [5.41, 5.74) is 8.21. The van der Waals surface area contributed by atoms with E-state index < -0.39 is 6.10 Å². The summed E-state index contributed by atoms with van der Waals surface area (Å²) >= 11 is 0. The zero-order chi connectivity index (χ0) is 14.7. The van der Waals surface area contributed by atoms with Crippen molar-refractivity contribution in [2.45, 2.75) is 33.0 Å².